The van der Waals surface area contributed by atoms with Gasteiger partial charge in [-0.15, -0.1) is 23.1 Å². The highest BCUT2D eigenvalue weighted by molar-refractivity contribution is 7.99. The summed E-state index contributed by atoms with van der Waals surface area (Å²) >= 11 is 3.43. The summed E-state index contributed by atoms with van der Waals surface area (Å²) in [4.78, 5) is 7.17. The van der Waals surface area contributed by atoms with Crippen molar-refractivity contribution < 1.29 is 17.6 Å². The summed E-state index contributed by atoms with van der Waals surface area (Å²) in [5.41, 5.74) is 3.48. The number of benzene rings is 3. The number of halogens is 3. The highest BCUT2D eigenvalue weighted by Crippen LogP contribution is 2.46. The first kappa shape index (κ1) is 33.3. The van der Waals surface area contributed by atoms with E-state index in [2.05, 4.69) is 83.3 Å². The summed E-state index contributed by atoms with van der Waals surface area (Å²) in [5, 5.41) is 1.06. The Morgan fingerprint density at radius 1 is 0.907 bits per heavy atom. The lowest BCUT2D eigenvalue weighted by Crippen LogP contribution is -2.44. The van der Waals surface area contributed by atoms with Gasteiger partial charge in [0.25, 0.3) is 0 Å². The zero-order chi connectivity index (χ0) is 31.4. The average Bonchev–Trinajstić information content (AvgIpc) is 3.32. The van der Waals surface area contributed by atoms with E-state index in [9.17, 15) is 13.2 Å². The van der Waals surface area contributed by atoms with Crippen molar-refractivity contribution in [3.63, 3.8) is 0 Å². The zero-order valence-corrected chi connectivity index (χ0v) is 28.8. The van der Waals surface area contributed by atoms with E-state index in [4.69, 9.17) is 9.41 Å². The molecule has 0 fully saturated rings. The molecule has 1 aromatic heterocycles. The molecule has 0 spiro atoms. The Kier molecular flexibility index (Phi) is 10.6. The van der Waals surface area contributed by atoms with Crippen LogP contribution in [0.4, 0.5) is 13.2 Å². The first-order valence-electron chi connectivity index (χ1n) is 14.8. The fourth-order valence-corrected chi connectivity index (χ4v) is 8.32. The number of thiazole rings is 1. The number of aromatic nitrogens is 1. The third-order valence-electron chi connectivity index (χ3n) is 8.20. The van der Waals surface area contributed by atoms with Crippen molar-refractivity contribution in [2.45, 2.75) is 94.8 Å². The monoisotopic (exact) mass is 641 g/mol. The standard InChI is InChI=1S/C35H42F3NOS2Si/c1-24-23-29(21-22-30(24)40-43(6,7)34(3,4)5)41-31(16-12-11-15-26-13-9-8-10-14-26)32-25(2)39-33(42-32)27-17-19-28(20-18-27)35(36,37)38/h8-10,13-14,17-23,31H,11-12,15-16H2,1-7H3. The minimum atomic E-state index is -4.35. The molecule has 3 aromatic carbocycles. The van der Waals surface area contributed by atoms with E-state index >= 15 is 0 Å². The summed E-state index contributed by atoms with van der Waals surface area (Å²) in [6.45, 7) is 15.4. The van der Waals surface area contributed by atoms with Crippen LogP contribution in [-0.4, -0.2) is 13.3 Å². The molecule has 4 rings (SSSR count). The van der Waals surface area contributed by atoms with Crippen molar-refractivity contribution in [2.24, 2.45) is 0 Å². The van der Waals surface area contributed by atoms with Crippen LogP contribution in [0.1, 0.15) is 72.5 Å². The molecule has 230 valence electrons. The normalized spacial score (nSPS) is 13.3. The highest BCUT2D eigenvalue weighted by atomic mass is 32.2. The van der Waals surface area contributed by atoms with Gasteiger partial charge in [0.2, 0.25) is 8.32 Å². The van der Waals surface area contributed by atoms with Crippen LogP contribution in [0.2, 0.25) is 18.1 Å². The van der Waals surface area contributed by atoms with E-state index < -0.39 is 20.1 Å². The molecule has 0 aliphatic carbocycles. The molecule has 1 heterocycles. The molecule has 0 bridgehead atoms. The van der Waals surface area contributed by atoms with Crippen LogP contribution in [0.25, 0.3) is 10.6 Å². The number of aryl methyl sites for hydroxylation is 3. The van der Waals surface area contributed by atoms with Crippen LogP contribution in [0.15, 0.2) is 77.7 Å². The summed E-state index contributed by atoms with van der Waals surface area (Å²) in [7, 11) is -1.96. The number of unbranched alkanes of at least 4 members (excludes halogenated alkanes) is 1. The maximum atomic E-state index is 13.1. The largest absolute Gasteiger partial charge is 0.543 e. The molecule has 1 unspecified atom stereocenters. The van der Waals surface area contributed by atoms with Crippen molar-refractivity contribution in [3.05, 3.63) is 100 Å². The Hall–Kier alpha value is -2.55. The summed E-state index contributed by atoms with van der Waals surface area (Å²) < 4.78 is 46.0. The number of hydrogen-bond donors (Lipinski definition) is 0. The number of thioether (sulfide) groups is 1. The lowest BCUT2D eigenvalue weighted by Gasteiger charge is -2.37. The fraction of sp³-hybridized carbons (Fsp3) is 0.400. The fourth-order valence-electron chi connectivity index (χ4n) is 4.58. The predicted octanol–water partition coefficient (Wildman–Crippen LogP) is 12.1. The van der Waals surface area contributed by atoms with E-state index in [0.29, 0.717) is 5.56 Å². The predicted molar refractivity (Wildman–Crippen MR) is 179 cm³/mol. The summed E-state index contributed by atoms with van der Waals surface area (Å²) in [6, 6.07) is 22.4. The van der Waals surface area contributed by atoms with Crippen molar-refractivity contribution in [1.82, 2.24) is 4.98 Å². The van der Waals surface area contributed by atoms with Crippen LogP contribution in [0.3, 0.4) is 0 Å². The minimum Gasteiger partial charge on any atom is -0.543 e. The summed E-state index contributed by atoms with van der Waals surface area (Å²) in [6.07, 6.45) is -0.189. The molecule has 0 N–H and O–H groups in total. The molecular formula is C35H42F3NOS2Si. The first-order valence-corrected chi connectivity index (χ1v) is 19.4. The number of rotatable bonds is 11. The number of alkyl halides is 3. The van der Waals surface area contributed by atoms with Crippen LogP contribution in [0.5, 0.6) is 5.75 Å². The second-order valence-corrected chi connectivity index (χ2v) is 19.7. The molecule has 0 aliphatic rings. The van der Waals surface area contributed by atoms with Gasteiger partial charge in [0.1, 0.15) is 10.8 Å². The second kappa shape index (κ2) is 13.6. The van der Waals surface area contributed by atoms with Gasteiger partial charge in [-0.05, 0) is 92.7 Å². The molecule has 0 aliphatic heterocycles. The van der Waals surface area contributed by atoms with E-state index in [1.165, 1.54) is 27.5 Å². The lowest BCUT2D eigenvalue weighted by molar-refractivity contribution is -0.137. The topological polar surface area (TPSA) is 22.1 Å². The van der Waals surface area contributed by atoms with E-state index in [1.807, 2.05) is 24.8 Å². The zero-order valence-electron chi connectivity index (χ0n) is 26.1. The summed E-state index contributed by atoms with van der Waals surface area (Å²) in [5.74, 6) is 0.953. The molecule has 1 atom stereocenters. The molecule has 0 amide bonds. The van der Waals surface area contributed by atoms with Gasteiger partial charge in [-0.25, -0.2) is 4.98 Å². The van der Waals surface area contributed by atoms with E-state index in [1.54, 1.807) is 11.3 Å². The van der Waals surface area contributed by atoms with E-state index in [0.717, 1.165) is 59.8 Å². The van der Waals surface area contributed by atoms with Crippen molar-refractivity contribution >= 4 is 31.4 Å². The highest BCUT2D eigenvalue weighted by Gasteiger charge is 2.39. The molecule has 2 nitrogen and oxygen atoms in total. The Morgan fingerprint density at radius 2 is 1.58 bits per heavy atom. The SMILES string of the molecule is Cc1cc(SC(CCCCc2ccccc2)c2sc(-c3ccc(C(F)(F)F)cc3)nc2C)ccc1O[Si](C)(C)C(C)(C)C. The lowest BCUT2D eigenvalue weighted by atomic mass is 10.1. The molecular weight excluding hydrogens is 600 g/mol. The van der Waals surface area contributed by atoms with Gasteiger partial charge >= 0.3 is 6.18 Å². The molecule has 0 saturated carbocycles. The Balaban J connectivity index is 1.56. The van der Waals surface area contributed by atoms with Gasteiger partial charge in [0.15, 0.2) is 0 Å². The molecule has 8 heteroatoms. The smallest absolute Gasteiger partial charge is 0.416 e. The molecule has 43 heavy (non-hydrogen) atoms. The minimum absolute atomic E-state index is 0.117. The van der Waals surface area contributed by atoms with Gasteiger partial charge in [-0.3, -0.25) is 0 Å². The van der Waals surface area contributed by atoms with Gasteiger partial charge in [-0.2, -0.15) is 13.2 Å². The maximum Gasteiger partial charge on any atom is 0.416 e. The van der Waals surface area contributed by atoms with Crippen LogP contribution >= 0.6 is 23.1 Å². The van der Waals surface area contributed by atoms with E-state index in [-0.39, 0.29) is 10.3 Å². The molecule has 0 saturated heterocycles. The third-order valence-corrected chi connectivity index (χ3v) is 15.3. The van der Waals surface area contributed by atoms with Gasteiger partial charge in [0.05, 0.1) is 11.3 Å². The first-order chi connectivity index (χ1) is 20.1. The Bertz CT molecular complexity index is 1490. The van der Waals surface area contributed by atoms with Crippen molar-refractivity contribution in [2.75, 3.05) is 0 Å². The number of hydrogen-bond acceptors (Lipinski definition) is 4. The van der Waals surface area contributed by atoms with Crippen LogP contribution in [0, 0.1) is 13.8 Å². The molecule has 4 aromatic rings. The Labute approximate surface area is 264 Å². The maximum absolute atomic E-state index is 13.1. The third kappa shape index (κ3) is 8.76. The van der Waals surface area contributed by atoms with Gasteiger partial charge in [0, 0.05) is 20.6 Å². The van der Waals surface area contributed by atoms with Gasteiger partial charge < -0.3 is 4.43 Å². The van der Waals surface area contributed by atoms with Crippen molar-refractivity contribution in [3.8, 4) is 16.3 Å². The molecule has 0 radical (unpaired) electrons. The number of nitrogens with zero attached hydrogens (tertiary/aromatic N) is 1. The average molecular weight is 642 g/mol. The quantitative estimate of drug-likeness (QED) is 0.0924. The van der Waals surface area contributed by atoms with Crippen molar-refractivity contribution in [1.29, 1.82) is 0 Å². The van der Waals surface area contributed by atoms with Crippen LogP contribution in [-0.2, 0) is 12.6 Å². The second-order valence-electron chi connectivity index (χ2n) is 12.7. The van der Waals surface area contributed by atoms with Gasteiger partial charge in [-0.1, -0.05) is 69.7 Å². The van der Waals surface area contributed by atoms with Crippen LogP contribution < -0.4 is 4.43 Å². The Morgan fingerprint density at radius 3 is 2.19 bits per heavy atom.